The molecule has 0 spiro atoms. The van der Waals surface area contributed by atoms with E-state index in [2.05, 4.69) is 36.1 Å². The van der Waals surface area contributed by atoms with E-state index < -0.39 is 29.6 Å². The Hall–Kier alpha value is -6.42. The van der Waals surface area contributed by atoms with Gasteiger partial charge in [0.1, 0.15) is 11.9 Å². The van der Waals surface area contributed by atoms with E-state index in [9.17, 15) is 29.4 Å². The number of imidazole rings is 1. The molecule has 2 saturated heterocycles. The molecule has 0 aliphatic carbocycles. The van der Waals surface area contributed by atoms with Crippen molar-refractivity contribution >= 4 is 68.7 Å². The standard InChI is InChI=1S/C36H36N10O6/c1-38-24-7-5-20(14-21(24)16-37)33(49)39-22-6-8-25-27(15-22)41-29(40-25)18-45-12-11-19(17-45)13-31(48)44-43-26-4-2-3-23-32(26)36(52)46(35(23)51)28-9-10-30(47)42-34(28)50/h2-8,14-16,19,28,37-38,51-52H,9-13,17-18H2,1H3,(H,39,49)(H,40,41)(H,42,47,50). The van der Waals surface area contributed by atoms with E-state index in [-0.39, 0.29) is 53.4 Å². The number of carbonyl (C=O) groups is 4. The van der Waals surface area contributed by atoms with Gasteiger partial charge in [-0.15, -0.1) is 10.2 Å². The number of likely N-dealkylation sites (tertiary alicyclic amines) is 1. The highest BCUT2D eigenvalue weighted by Crippen LogP contribution is 2.45. The molecule has 16 nitrogen and oxygen atoms in total. The van der Waals surface area contributed by atoms with Gasteiger partial charge < -0.3 is 31.2 Å². The largest absolute Gasteiger partial charge is 0.494 e. The zero-order valence-electron chi connectivity index (χ0n) is 28.1. The van der Waals surface area contributed by atoms with Crippen LogP contribution < -0.4 is 16.0 Å². The number of rotatable bonds is 10. The fourth-order valence-corrected chi connectivity index (χ4v) is 6.92. The van der Waals surface area contributed by atoms with Gasteiger partial charge in [-0.05, 0) is 73.8 Å². The number of anilines is 2. The molecule has 52 heavy (non-hydrogen) atoms. The van der Waals surface area contributed by atoms with E-state index in [1.165, 1.54) is 6.21 Å². The zero-order chi connectivity index (χ0) is 36.5. The topological polar surface area (TPSA) is 230 Å². The maximum atomic E-state index is 12.9. The summed E-state index contributed by atoms with van der Waals surface area (Å²) in [6.07, 6.45) is 2.33. The van der Waals surface area contributed by atoms with Crippen LogP contribution in [0.4, 0.5) is 17.1 Å². The smallest absolute Gasteiger partial charge is 0.265 e. The number of nitrogens with one attached hydrogen (secondary N) is 5. The molecule has 4 heterocycles. The predicted molar refractivity (Wildman–Crippen MR) is 192 cm³/mol. The Morgan fingerprint density at radius 2 is 1.94 bits per heavy atom. The predicted octanol–water partition coefficient (Wildman–Crippen LogP) is 4.72. The maximum absolute atomic E-state index is 12.9. The lowest BCUT2D eigenvalue weighted by Gasteiger charge is -2.23. The van der Waals surface area contributed by atoms with E-state index in [1.807, 2.05) is 12.1 Å². The van der Waals surface area contributed by atoms with Crippen LogP contribution >= 0.6 is 0 Å². The van der Waals surface area contributed by atoms with Gasteiger partial charge in [0.2, 0.25) is 23.6 Å². The fourth-order valence-electron chi connectivity index (χ4n) is 6.92. The molecule has 3 aromatic carbocycles. The van der Waals surface area contributed by atoms with Crippen LogP contribution in [-0.2, 0) is 20.9 Å². The highest BCUT2D eigenvalue weighted by molar-refractivity contribution is 6.07. The maximum Gasteiger partial charge on any atom is 0.265 e. The molecule has 2 unspecified atom stereocenters. The summed E-state index contributed by atoms with van der Waals surface area (Å²) < 4.78 is 1.07. The summed E-state index contributed by atoms with van der Waals surface area (Å²) in [7, 11) is 1.76. The molecule has 0 saturated carbocycles. The van der Waals surface area contributed by atoms with Gasteiger partial charge in [0, 0.05) is 60.5 Å². The molecule has 7 N–H and O–H groups in total. The fraction of sp³-hybridized carbons (Fsp3) is 0.278. The van der Waals surface area contributed by atoms with E-state index >= 15 is 0 Å². The normalized spacial score (nSPS) is 17.9. The Bertz CT molecular complexity index is 2290. The quantitative estimate of drug-likeness (QED) is 0.0605. The summed E-state index contributed by atoms with van der Waals surface area (Å²) in [5.41, 5.74) is 4.09. The average molecular weight is 705 g/mol. The van der Waals surface area contributed by atoms with E-state index in [1.54, 1.807) is 49.5 Å². The van der Waals surface area contributed by atoms with Gasteiger partial charge in [0.05, 0.1) is 28.7 Å². The summed E-state index contributed by atoms with van der Waals surface area (Å²) in [5.74, 6) is -1.72. The lowest BCUT2D eigenvalue weighted by Crippen LogP contribution is -2.41. The Labute approximate surface area is 296 Å². The molecular weight excluding hydrogens is 668 g/mol. The molecule has 7 rings (SSSR count). The average Bonchev–Trinajstić information content (AvgIpc) is 3.82. The number of imide groups is 1. The summed E-state index contributed by atoms with van der Waals surface area (Å²) in [4.78, 5) is 60.1. The van der Waals surface area contributed by atoms with E-state index in [0.717, 1.165) is 40.1 Å². The minimum absolute atomic E-state index is 0.0508. The van der Waals surface area contributed by atoms with Crippen molar-refractivity contribution in [2.75, 3.05) is 30.8 Å². The third kappa shape index (κ3) is 6.70. The van der Waals surface area contributed by atoms with Crippen molar-refractivity contribution in [1.29, 1.82) is 5.41 Å². The van der Waals surface area contributed by atoms with Crippen molar-refractivity contribution in [3.05, 3.63) is 71.5 Å². The summed E-state index contributed by atoms with van der Waals surface area (Å²) in [5, 5.41) is 46.0. The van der Waals surface area contributed by atoms with Crippen molar-refractivity contribution in [2.45, 2.75) is 38.3 Å². The van der Waals surface area contributed by atoms with Gasteiger partial charge in [-0.25, -0.2) is 4.98 Å². The van der Waals surface area contributed by atoms with Crippen molar-refractivity contribution in [1.82, 2.24) is 24.8 Å². The molecular formula is C36H36N10O6. The second kappa shape index (κ2) is 14.1. The Morgan fingerprint density at radius 1 is 1.10 bits per heavy atom. The second-order valence-electron chi connectivity index (χ2n) is 12.9. The van der Waals surface area contributed by atoms with Crippen molar-refractivity contribution in [3.8, 4) is 11.8 Å². The number of benzene rings is 3. The van der Waals surface area contributed by atoms with Crippen LogP contribution in [0, 0.1) is 11.3 Å². The number of amides is 4. The third-order valence-corrected chi connectivity index (χ3v) is 9.49. The molecule has 2 aliphatic rings. The zero-order valence-corrected chi connectivity index (χ0v) is 28.1. The van der Waals surface area contributed by atoms with Gasteiger partial charge in [0.25, 0.3) is 11.8 Å². The molecule has 266 valence electrons. The molecule has 0 bridgehead atoms. The molecule has 16 heteroatoms. The highest BCUT2D eigenvalue weighted by Gasteiger charge is 2.33. The van der Waals surface area contributed by atoms with Gasteiger partial charge >= 0.3 is 0 Å². The van der Waals surface area contributed by atoms with Gasteiger partial charge in [-0.3, -0.25) is 34.0 Å². The molecule has 2 atom stereocenters. The van der Waals surface area contributed by atoms with Crippen molar-refractivity contribution in [3.63, 3.8) is 0 Å². The second-order valence-corrected chi connectivity index (χ2v) is 12.9. The summed E-state index contributed by atoms with van der Waals surface area (Å²) in [6, 6.07) is 14.3. The van der Waals surface area contributed by atoms with E-state index in [0.29, 0.717) is 29.9 Å². The molecule has 5 aromatic rings. The summed E-state index contributed by atoms with van der Waals surface area (Å²) in [6.45, 7) is 1.96. The Balaban J connectivity index is 0.959. The molecule has 2 fully saturated rings. The van der Waals surface area contributed by atoms with E-state index in [4.69, 9.17) is 10.4 Å². The number of aromatic nitrogens is 3. The van der Waals surface area contributed by atoms with Crippen LogP contribution in [0.15, 0.2) is 64.8 Å². The molecule has 0 radical (unpaired) electrons. The van der Waals surface area contributed by atoms with Crippen LogP contribution in [0.5, 0.6) is 11.8 Å². The van der Waals surface area contributed by atoms with Crippen LogP contribution in [0.2, 0.25) is 0 Å². The first kappa shape index (κ1) is 34.0. The number of hydrogen-bond donors (Lipinski definition) is 7. The van der Waals surface area contributed by atoms with Crippen LogP contribution in [-0.4, -0.2) is 79.6 Å². The number of aromatic hydroxyl groups is 2. The van der Waals surface area contributed by atoms with Crippen LogP contribution in [0.3, 0.4) is 0 Å². The minimum atomic E-state index is -0.984. The number of azo groups is 1. The Kier molecular flexibility index (Phi) is 9.21. The number of piperidine rings is 1. The lowest BCUT2D eigenvalue weighted by atomic mass is 10.1. The molecule has 2 aliphatic heterocycles. The Morgan fingerprint density at radius 3 is 2.73 bits per heavy atom. The molecule has 4 amide bonds. The number of carbonyl (C=O) groups excluding carboxylic acids is 4. The van der Waals surface area contributed by atoms with Crippen molar-refractivity contribution < 1.29 is 29.4 Å². The number of hydrogen-bond acceptors (Lipinski definition) is 11. The summed E-state index contributed by atoms with van der Waals surface area (Å²) >= 11 is 0. The SMILES string of the molecule is CNc1ccc(C(=O)Nc2ccc3nc(CN4CCC(CC(=O)N=Nc5cccc6c(O)n(C7CCC(=O)NC7=O)c(O)c56)C4)[nH]c3c2)cc1C=N. The first-order chi connectivity index (χ1) is 25.1. The van der Waals surface area contributed by atoms with Gasteiger partial charge in [0.15, 0.2) is 0 Å². The van der Waals surface area contributed by atoms with Crippen molar-refractivity contribution in [2.24, 2.45) is 16.1 Å². The highest BCUT2D eigenvalue weighted by atomic mass is 16.3. The van der Waals surface area contributed by atoms with Crippen LogP contribution in [0.1, 0.15) is 53.5 Å². The third-order valence-electron chi connectivity index (χ3n) is 9.49. The van der Waals surface area contributed by atoms with Gasteiger partial charge in [-0.2, -0.15) is 0 Å². The molecule has 2 aromatic heterocycles. The number of aromatic amines is 1. The monoisotopic (exact) mass is 704 g/mol. The lowest BCUT2D eigenvalue weighted by molar-refractivity contribution is -0.136. The first-order valence-electron chi connectivity index (χ1n) is 16.8. The number of nitrogens with zero attached hydrogens (tertiary/aromatic N) is 5. The first-order valence-corrected chi connectivity index (χ1v) is 16.8. The van der Waals surface area contributed by atoms with Gasteiger partial charge in [-0.1, -0.05) is 6.07 Å². The number of fused-ring (bicyclic) bond motifs is 2. The van der Waals surface area contributed by atoms with Crippen LogP contribution in [0.25, 0.3) is 21.8 Å². The minimum Gasteiger partial charge on any atom is -0.494 e. The number of H-pyrrole nitrogens is 1.